The van der Waals surface area contributed by atoms with Crippen LogP contribution in [-0.4, -0.2) is 108 Å². The monoisotopic (exact) mass is 892 g/mol. The van der Waals surface area contributed by atoms with Gasteiger partial charge in [0, 0.05) is 0 Å². The van der Waals surface area contributed by atoms with Gasteiger partial charge in [0.2, 0.25) is 5.91 Å². The van der Waals surface area contributed by atoms with E-state index in [-0.39, 0.29) is 6.42 Å². The molecule has 0 aromatic carbocycles. The minimum Gasteiger partial charge on any atom is -0.393 e. The molecule has 14 heteroatoms. The third kappa shape index (κ3) is 29.0. The number of nitrogens with one attached hydrogen (secondary N) is 1. The third-order valence-electron chi connectivity index (χ3n) is 11.8. The predicted molar refractivity (Wildman–Crippen MR) is 243 cm³/mol. The molecule has 1 fully saturated rings. The zero-order valence-electron chi connectivity index (χ0n) is 38.1. The maximum Gasteiger partial charge on any atom is 0.472 e. The number of hydrogen-bond acceptors (Lipinski definition) is 11. The van der Waals surface area contributed by atoms with Crippen LogP contribution in [0.5, 0.6) is 0 Å². The summed E-state index contributed by atoms with van der Waals surface area (Å²) >= 11 is 0. The van der Waals surface area contributed by atoms with E-state index < -0.39 is 75.2 Å². The fourth-order valence-corrected chi connectivity index (χ4v) is 8.73. The smallest absolute Gasteiger partial charge is 0.393 e. The van der Waals surface area contributed by atoms with Gasteiger partial charge < -0.3 is 46.0 Å². The molecule has 0 bridgehead atoms. The van der Waals surface area contributed by atoms with Crippen LogP contribution in [0, 0.1) is 0 Å². The summed E-state index contributed by atoms with van der Waals surface area (Å²) in [5.41, 5.74) is 0. The summed E-state index contributed by atoms with van der Waals surface area (Å²) in [5, 5.41) is 74.5. The summed E-state index contributed by atoms with van der Waals surface area (Å²) in [6, 6.07) is -1.24. The Bertz CT molecular complexity index is 1140. The Morgan fingerprint density at radius 2 is 0.951 bits per heavy atom. The summed E-state index contributed by atoms with van der Waals surface area (Å²) < 4.78 is 22.9. The molecule has 0 aliphatic heterocycles. The molecule has 0 heterocycles. The Kier molecular flexibility index (Phi) is 35.1. The number of phosphoric acid groups is 1. The van der Waals surface area contributed by atoms with Crippen molar-refractivity contribution in [2.24, 2.45) is 0 Å². The second kappa shape index (κ2) is 37.0. The fourth-order valence-electron chi connectivity index (χ4n) is 7.76. The van der Waals surface area contributed by atoms with Crippen molar-refractivity contribution < 1.29 is 59.0 Å². The zero-order valence-corrected chi connectivity index (χ0v) is 39.0. The van der Waals surface area contributed by atoms with Gasteiger partial charge in [-0.25, -0.2) is 4.57 Å². The summed E-state index contributed by atoms with van der Waals surface area (Å²) in [6.07, 6.45) is 26.9. The van der Waals surface area contributed by atoms with Crippen molar-refractivity contribution in [3.63, 3.8) is 0 Å². The van der Waals surface area contributed by atoms with Crippen LogP contribution in [0.3, 0.4) is 0 Å². The van der Waals surface area contributed by atoms with Crippen molar-refractivity contribution in [2.45, 2.75) is 261 Å². The van der Waals surface area contributed by atoms with Crippen LogP contribution in [-0.2, 0) is 18.4 Å². The largest absolute Gasteiger partial charge is 0.472 e. The van der Waals surface area contributed by atoms with Crippen LogP contribution in [0.2, 0.25) is 0 Å². The van der Waals surface area contributed by atoms with E-state index in [0.717, 1.165) is 64.2 Å². The Morgan fingerprint density at radius 1 is 0.574 bits per heavy atom. The van der Waals surface area contributed by atoms with Gasteiger partial charge in [-0.05, 0) is 44.9 Å². The van der Waals surface area contributed by atoms with Crippen molar-refractivity contribution in [1.82, 2.24) is 5.32 Å². The van der Waals surface area contributed by atoms with E-state index in [2.05, 4.69) is 31.3 Å². The normalized spacial score (nSPS) is 23.4. The summed E-state index contributed by atoms with van der Waals surface area (Å²) in [6.45, 7) is 3.73. The van der Waals surface area contributed by atoms with Gasteiger partial charge in [-0.2, -0.15) is 0 Å². The first-order chi connectivity index (χ1) is 29.3. The Hall–Kier alpha value is -1.22. The molecule has 1 rings (SSSR count). The average molecular weight is 892 g/mol. The number of phosphoric ester groups is 1. The maximum atomic E-state index is 13.0. The van der Waals surface area contributed by atoms with Gasteiger partial charge >= 0.3 is 7.82 Å². The van der Waals surface area contributed by atoms with Gasteiger partial charge in [-0.15, -0.1) is 0 Å². The highest BCUT2D eigenvalue weighted by molar-refractivity contribution is 7.47. The van der Waals surface area contributed by atoms with E-state index in [4.69, 9.17) is 9.05 Å². The van der Waals surface area contributed by atoms with E-state index >= 15 is 0 Å². The standard InChI is InChI=1S/C47H90NO12P/c1-3-5-7-9-11-13-15-17-18-19-20-21-23-25-27-29-31-33-35-40(50)39(37-59-61(57,58)60-47-45(55)43(53)42(52)44(54)46(47)56)48-41(51)36-38(49)34-32-30-28-26-24-22-16-14-12-10-8-6-4-2/h14,16,33,35,38-40,42-47,49-50,52-56H,3-13,15,17-32,34,36-37H2,1-2H3,(H,48,51)(H,57,58)/b16-14-,35-33+. The van der Waals surface area contributed by atoms with Crippen LogP contribution >= 0.6 is 7.82 Å². The maximum absolute atomic E-state index is 13.0. The van der Waals surface area contributed by atoms with Crippen molar-refractivity contribution in [2.75, 3.05) is 6.61 Å². The lowest BCUT2D eigenvalue weighted by Crippen LogP contribution is -2.64. The summed E-state index contributed by atoms with van der Waals surface area (Å²) in [5.74, 6) is -0.597. The average Bonchev–Trinajstić information content (AvgIpc) is 3.23. The van der Waals surface area contributed by atoms with E-state index in [1.54, 1.807) is 6.08 Å². The first-order valence-electron chi connectivity index (χ1n) is 24.4. The second-order valence-electron chi connectivity index (χ2n) is 17.5. The van der Waals surface area contributed by atoms with Crippen molar-refractivity contribution in [3.05, 3.63) is 24.3 Å². The topological polar surface area (TPSA) is 226 Å². The minimum absolute atomic E-state index is 0.249. The number of aliphatic hydroxyl groups is 7. The highest BCUT2D eigenvalue weighted by Crippen LogP contribution is 2.47. The molecule has 1 aliphatic carbocycles. The fraction of sp³-hybridized carbons (Fsp3) is 0.894. The molecule has 13 nitrogen and oxygen atoms in total. The molecule has 360 valence electrons. The molecule has 0 radical (unpaired) electrons. The van der Waals surface area contributed by atoms with Crippen LogP contribution in [0.1, 0.15) is 206 Å². The van der Waals surface area contributed by atoms with E-state index in [0.29, 0.717) is 12.8 Å². The van der Waals surface area contributed by atoms with E-state index in [9.17, 15) is 50.0 Å². The number of amides is 1. The molecular weight excluding hydrogens is 801 g/mol. The molecule has 61 heavy (non-hydrogen) atoms. The quantitative estimate of drug-likeness (QED) is 0.0161. The first kappa shape index (κ1) is 57.8. The highest BCUT2D eigenvalue weighted by Gasteiger charge is 2.51. The molecule has 8 unspecified atom stereocenters. The predicted octanol–water partition coefficient (Wildman–Crippen LogP) is 8.37. The number of aliphatic hydroxyl groups excluding tert-OH is 7. The number of allylic oxidation sites excluding steroid dienone is 3. The SMILES string of the molecule is CCCCCC/C=C\CCCCCCCC(O)CC(=O)NC(COP(=O)(O)OC1C(O)C(O)C(O)C(O)C1O)C(O)/C=C/CCCCCCCCCCCCCCCCCC. The molecule has 0 aromatic heterocycles. The van der Waals surface area contributed by atoms with Gasteiger partial charge in [0.1, 0.15) is 36.6 Å². The molecule has 0 aromatic rings. The molecular formula is C47H90NO12P. The number of carbonyl (C=O) groups is 1. The van der Waals surface area contributed by atoms with Gasteiger partial charge in [-0.1, -0.05) is 179 Å². The number of rotatable bonds is 40. The molecule has 0 saturated heterocycles. The lowest BCUT2D eigenvalue weighted by atomic mass is 9.85. The molecule has 1 amide bonds. The van der Waals surface area contributed by atoms with Crippen LogP contribution < -0.4 is 5.32 Å². The lowest BCUT2D eigenvalue weighted by molar-refractivity contribution is -0.220. The molecule has 9 N–H and O–H groups in total. The van der Waals surface area contributed by atoms with Crippen LogP contribution in [0.15, 0.2) is 24.3 Å². The van der Waals surface area contributed by atoms with Crippen LogP contribution in [0.4, 0.5) is 0 Å². The van der Waals surface area contributed by atoms with Gasteiger partial charge in [0.15, 0.2) is 0 Å². The summed E-state index contributed by atoms with van der Waals surface area (Å²) in [7, 11) is -5.14. The minimum atomic E-state index is -5.14. The van der Waals surface area contributed by atoms with E-state index in [1.807, 2.05) is 0 Å². The van der Waals surface area contributed by atoms with Gasteiger partial charge in [0.25, 0.3) is 0 Å². The molecule has 0 spiro atoms. The molecule has 1 aliphatic rings. The number of unbranched alkanes of at least 4 members (excludes halogenated alkanes) is 25. The highest BCUT2D eigenvalue weighted by atomic mass is 31.2. The number of carbonyl (C=O) groups excluding carboxylic acids is 1. The van der Waals surface area contributed by atoms with Crippen molar-refractivity contribution in [3.8, 4) is 0 Å². The summed E-state index contributed by atoms with van der Waals surface area (Å²) in [4.78, 5) is 23.4. The van der Waals surface area contributed by atoms with Gasteiger partial charge in [0.05, 0.1) is 31.3 Å². The molecule has 8 atom stereocenters. The Balaban J connectivity index is 2.54. The van der Waals surface area contributed by atoms with Crippen LogP contribution in [0.25, 0.3) is 0 Å². The lowest BCUT2D eigenvalue weighted by Gasteiger charge is -2.41. The molecule has 1 saturated carbocycles. The first-order valence-corrected chi connectivity index (χ1v) is 25.9. The Labute approximate surface area is 369 Å². The van der Waals surface area contributed by atoms with Crippen molar-refractivity contribution >= 4 is 13.7 Å². The van der Waals surface area contributed by atoms with E-state index in [1.165, 1.54) is 115 Å². The Morgan fingerprint density at radius 3 is 1.41 bits per heavy atom. The van der Waals surface area contributed by atoms with Crippen molar-refractivity contribution in [1.29, 1.82) is 0 Å². The number of hydrogen-bond donors (Lipinski definition) is 9. The zero-order chi connectivity index (χ0) is 45.1. The third-order valence-corrected chi connectivity index (χ3v) is 12.8. The second-order valence-corrected chi connectivity index (χ2v) is 18.9. The van der Waals surface area contributed by atoms with Gasteiger partial charge in [-0.3, -0.25) is 13.8 Å².